The van der Waals surface area contributed by atoms with Crippen molar-refractivity contribution in [2.45, 2.75) is 65.4 Å². The summed E-state index contributed by atoms with van der Waals surface area (Å²) in [6, 6.07) is 0. The lowest BCUT2D eigenvalue weighted by Crippen LogP contribution is -2.44. The number of fused-ring (bicyclic) bond motifs is 1. The maximum absolute atomic E-state index is 10.6. The van der Waals surface area contributed by atoms with Crippen molar-refractivity contribution in [1.82, 2.24) is 0 Å². The van der Waals surface area contributed by atoms with Gasteiger partial charge in [-0.1, -0.05) is 20.8 Å². The Morgan fingerprint density at radius 2 is 1.69 bits per heavy atom. The first-order valence-electron chi connectivity index (χ1n) is 7.03. The van der Waals surface area contributed by atoms with Crippen LogP contribution in [0.3, 0.4) is 0 Å². The lowest BCUT2D eigenvalue weighted by molar-refractivity contribution is -0.0717. The molecule has 3 aliphatic rings. The first kappa shape index (κ1) is 11.1. The van der Waals surface area contributed by atoms with Crippen LogP contribution in [0.25, 0.3) is 0 Å². The van der Waals surface area contributed by atoms with Crippen LogP contribution in [-0.4, -0.2) is 10.7 Å². The summed E-state index contributed by atoms with van der Waals surface area (Å²) in [5.74, 6) is 2.29. The Kier molecular flexibility index (Phi) is 1.98. The van der Waals surface area contributed by atoms with E-state index in [4.69, 9.17) is 0 Å². The van der Waals surface area contributed by atoms with Crippen LogP contribution in [0.4, 0.5) is 0 Å². The highest BCUT2D eigenvalue weighted by molar-refractivity contribution is 5.16. The van der Waals surface area contributed by atoms with Gasteiger partial charge in [0, 0.05) is 0 Å². The summed E-state index contributed by atoms with van der Waals surface area (Å²) < 4.78 is 0. The van der Waals surface area contributed by atoms with Crippen molar-refractivity contribution in [3.8, 4) is 0 Å². The second-order valence-corrected chi connectivity index (χ2v) is 7.70. The first-order valence-corrected chi connectivity index (χ1v) is 7.03. The van der Waals surface area contributed by atoms with Crippen molar-refractivity contribution < 1.29 is 5.11 Å². The molecule has 1 nitrogen and oxygen atoms in total. The third-order valence-corrected chi connectivity index (χ3v) is 6.79. The van der Waals surface area contributed by atoms with Crippen LogP contribution in [0, 0.1) is 28.6 Å². The Balaban J connectivity index is 2.07. The monoisotopic (exact) mass is 222 g/mol. The van der Waals surface area contributed by atoms with Gasteiger partial charge in [0.15, 0.2) is 0 Å². The molecule has 1 unspecified atom stereocenters. The number of rotatable bonds is 0. The quantitative estimate of drug-likeness (QED) is 0.664. The minimum atomic E-state index is -0.404. The Morgan fingerprint density at radius 1 is 1.00 bits per heavy atom. The van der Waals surface area contributed by atoms with Crippen molar-refractivity contribution in [1.29, 1.82) is 0 Å². The average Bonchev–Trinajstić information content (AvgIpc) is 2.58. The van der Waals surface area contributed by atoms with Crippen molar-refractivity contribution in [2.24, 2.45) is 28.6 Å². The molecule has 0 radical (unpaired) electrons. The van der Waals surface area contributed by atoms with Crippen molar-refractivity contribution >= 4 is 0 Å². The molecule has 1 heteroatoms. The minimum absolute atomic E-state index is 0.352. The van der Waals surface area contributed by atoms with Crippen LogP contribution < -0.4 is 0 Å². The Bertz CT molecular complexity index is 313. The molecule has 0 aliphatic heterocycles. The van der Waals surface area contributed by atoms with E-state index in [0.29, 0.717) is 16.7 Å². The van der Waals surface area contributed by atoms with Crippen LogP contribution in [0.1, 0.15) is 59.8 Å². The highest BCUT2D eigenvalue weighted by atomic mass is 16.3. The third kappa shape index (κ3) is 1.06. The Morgan fingerprint density at radius 3 is 2.38 bits per heavy atom. The van der Waals surface area contributed by atoms with Crippen LogP contribution in [0.2, 0.25) is 0 Å². The molecule has 1 spiro atoms. The molecule has 16 heavy (non-hydrogen) atoms. The summed E-state index contributed by atoms with van der Waals surface area (Å²) in [4.78, 5) is 0. The van der Waals surface area contributed by atoms with Gasteiger partial charge in [0.05, 0.1) is 5.60 Å². The van der Waals surface area contributed by atoms with E-state index in [2.05, 4.69) is 27.7 Å². The highest BCUT2D eigenvalue weighted by Crippen LogP contribution is 2.73. The second-order valence-electron chi connectivity index (χ2n) is 7.70. The molecule has 3 rings (SSSR count). The zero-order chi connectivity index (χ0) is 11.8. The molecule has 5 atom stereocenters. The van der Waals surface area contributed by atoms with Gasteiger partial charge in [0.2, 0.25) is 0 Å². The van der Waals surface area contributed by atoms with E-state index in [1.165, 1.54) is 25.7 Å². The third-order valence-electron chi connectivity index (χ3n) is 6.79. The van der Waals surface area contributed by atoms with E-state index in [1.54, 1.807) is 0 Å². The molecule has 3 aliphatic carbocycles. The molecule has 0 aromatic rings. The summed E-state index contributed by atoms with van der Waals surface area (Å²) in [5.41, 5.74) is 0.542. The molecule has 1 N–H and O–H groups in total. The summed E-state index contributed by atoms with van der Waals surface area (Å²) in [6.45, 7) is 9.38. The van der Waals surface area contributed by atoms with Gasteiger partial charge in [-0.15, -0.1) is 0 Å². The van der Waals surface area contributed by atoms with Gasteiger partial charge in [0.25, 0.3) is 0 Å². The minimum Gasteiger partial charge on any atom is -0.390 e. The molecule has 3 saturated carbocycles. The Labute approximate surface area is 99.6 Å². The molecule has 3 fully saturated rings. The van der Waals surface area contributed by atoms with Crippen LogP contribution in [0.15, 0.2) is 0 Å². The van der Waals surface area contributed by atoms with E-state index in [0.717, 1.165) is 18.3 Å². The zero-order valence-electron chi connectivity index (χ0n) is 11.2. The topological polar surface area (TPSA) is 20.2 Å². The fourth-order valence-corrected chi connectivity index (χ4v) is 5.88. The molecule has 0 heterocycles. The smallest absolute Gasteiger partial charge is 0.0653 e. The van der Waals surface area contributed by atoms with E-state index in [1.807, 2.05) is 0 Å². The molecule has 92 valence electrons. The van der Waals surface area contributed by atoms with Gasteiger partial charge >= 0.3 is 0 Å². The molecular formula is C15H26O. The van der Waals surface area contributed by atoms with Gasteiger partial charge in [-0.2, -0.15) is 0 Å². The first-order chi connectivity index (χ1) is 7.31. The molecule has 0 saturated heterocycles. The van der Waals surface area contributed by atoms with Gasteiger partial charge in [-0.05, 0) is 67.6 Å². The maximum Gasteiger partial charge on any atom is 0.0653 e. The fraction of sp³-hybridized carbons (Fsp3) is 1.00. The second kappa shape index (κ2) is 2.85. The SMILES string of the molecule is C[C@@H]1CC[C@H]2C(C)(C)C3C[C@@]12CC[C@@]3(C)O. The van der Waals surface area contributed by atoms with Gasteiger partial charge in [-0.25, -0.2) is 0 Å². The standard InChI is InChI=1S/C15H26O/c1-10-5-6-11-13(2,3)12-9-15(10,11)8-7-14(12,4)16/h10-12,16H,5-9H2,1-4H3/t10-,11+,12?,14-,15+/m1/s1. The summed E-state index contributed by atoms with van der Waals surface area (Å²) in [5, 5.41) is 10.6. The summed E-state index contributed by atoms with van der Waals surface area (Å²) in [7, 11) is 0. The largest absolute Gasteiger partial charge is 0.390 e. The van der Waals surface area contributed by atoms with Crippen molar-refractivity contribution in [2.75, 3.05) is 0 Å². The van der Waals surface area contributed by atoms with Gasteiger partial charge < -0.3 is 5.11 Å². The molecule has 0 aromatic heterocycles. The van der Waals surface area contributed by atoms with Gasteiger partial charge in [-0.3, -0.25) is 0 Å². The molecular weight excluding hydrogens is 196 g/mol. The van der Waals surface area contributed by atoms with Gasteiger partial charge in [0.1, 0.15) is 0 Å². The molecule has 0 aromatic carbocycles. The number of aliphatic hydroxyl groups is 1. The Hall–Kier alpha value is -0.0400. The maximum atomic E-state index is 10.6. The highest BCUT2D eigenvalue weighted by Gasteiger charge is 2.67. The predicted molar refractivity (Wildman–Crippen MR) is 66.1 cm³/mol. The summed E-state index contributed by atoms with van der Waals surface area (Å²) in [6.07, 6.45) is 6.41. The van der Waals surface area contributed by atoms with Crippen molar-refractivity contribution in [3.63, 3.8) is 0 Å². The molecule has 2 bridgehead atoms. The van der Waals surface area contributed by atoms with E-state index < -0.39 is 5.60 Å². The summed E-state index contributed by atoms with van der Waals surface area (Å²) >= 11 is 0. The lowest BCUT2D eigenvalue weighted by atomic mass is 9.64. The van der Waals surface area contributed by atoms with E-state index >= 15 is 0 Å². The van der Waals surface area contributed by atoms with Crippen LogP contribution in [0.5, 0.6) is 0 Å². The van der Waals surface area contributed by atoms with Crippen LogP contribution >= 0.6 is 0 Å². The lowest BCUT2D eigenvalue weighted by Gasteiger charge is -2.44. The van der Waals surface area contributed by atoms with E-state index in [-0.39, 0.29) is 0 Å². The molecule has 0 amide bonds. The normalized spacial score (nSPS) is 58.7. The fourth-order valence-electron chi connectivity index (χ4n) is 5.88. The number of hydrogen-bond donors (Lipinski definition) is 1. The predicted octanol–water partition coefficient (Wildman–Crippen LogP) is 3.61. The number of hydrogen-bond acceptors (Lipinski definition) is 1. The van der Waals surface area contributed by atoms with E-state index in [9.17, 15) is 5.11 Å². The van der Waals surface area contributed by atoms with Crippen LogP contribution in [-0.2, 0) is 0 Å². The average molecular weight is 222 g/mol. The van der Waals surface area contributed by atoms with Crippen molar-refractivity contribution in [3.05, 3.63) is 0 Å². The zero-order valence-corrected chi connectivity index (χ0v) is 11.2.